The van der Waals surface area contributed by atoms with E-state index in [-0.39, 0.29) is 11.1 Å². The molecule has 0 spiro atoms. The number of aliphatic imine (C=N–C) groups is 1. The van der Waals surface area contributed by atoms with Crippen molar-refractivity contribution in [3.05, 3.63) is 52.9 Å². The predicted octanol–water partition coefficient (Wildman–Crippen LogP) is 4.72. The van der Waals surface area contributed by atoms with E-state index in [0.717, 1.165) is 25.7 Å². The van der Waals surface area contributed by atoms with Gasteiger partial charge in [-0.1, -0.05) is 30.9 Å². The molecule has 0 atom stereocenters. The minimum absolute atomic E-state index is 0.0229. The van der Waals surface area contributed by atoms with E-state index in [9.17, 15) is 9.60 Å². The molecule has 132 valence electrons. The molecule has 0 amide bonds. The van der Waals surface area contributed by atoms with Gasteiger partial charge in [0.05, 0.1) is 11.1 Å². The SMILES string of the molecule is ONC(=NC1CCCCC1)c1ccnc(Oc2ccc(F)c(Cl)c2)c1. The summed E-state index contributed by atoms with van der Waals surface area (Å²) in [6.45, 7) is 0. The molecule has 1 saturated carbocycles. The van der Waals surface area contributed by atoms with Gasteiger partial charge in [-0.25, -0.2) is 9.37 Å². The maximum Gasteiger partial charge on any atom is 0.219 e. The number of nitrogens with one attached hydrogen (secondary N) is 1. The molecule has 1 fully saturated rings. The van der Waals surface area contributed by atoms with E-state index in [0.29, 0.717) is 23.0 Å². The maximum absolute atomic E-state index is 13.2. The van der Waals surface area contributed by atoms with Crippen LogP contribution in [0.5, 0.6) is 11.6 Å². The molecule has 7 heteroatoms. The largest absolute Gasteiger partial charge is 0.439 e. The fourth-order valence-electron chi connectivity index (χ4n) is 2.83. The van der Waals surface area contributed by atoms with Crippen molar-refractivity contribution in [1.82, 2.24) is 10.5 Å². The summed E-state index contributed by atoms with van der Waals surface area (Å²) in [4.78, 5) is 8.73. The van der Waals surface area contributed by atoms with Crippen LogP contribution in [0.2, 0.25) is 5.02 Å². The first kappa shape index (κ1) is 17.6. The Hall–Kier alpha value is -2.18. The average Bonchev–Trinajstić information content (AvgIpc) is 2.64. The van der Waals surface area contributed by atoms with Gasteiger partial charge in [0.15, 0.2) is 5.84 Å². The summed E-state index contributed by atoms with van der Waals surface area (Å²) < 4.78 is 18.8. The standard InChI is InChI=1S/C18H19ClFN3O2/c19-15-11-14(6-7-16(15)20)25-17-10-12(8-9-21-17)18(23-24)22-13-4-2-1-3-5-13/h6-11,13,24H,1-5H2,(H,22,23). The van der Waals surface area contributed by atoms with Gasteiger partial charge in [-0.15, -0.1) is 0 Å². The number of hydroxylamine groups is 1. The van der Waals surface area contributed by atoms with E-state index in [1.54, 1.807) is 18.3 Å². The van der Waals surface area contributed by atoms with Crippen molar-refractivity contribution in [2.45, 2.75) is 38.1 Å². The number of ether oxygens (including phenoxy) is 1. The summed E-state index contributed by atoms with van der Waals surface area (Å²) >= 11 is 5.76. The molecule has 2 aromatic rings. The zero-order chi connectivity index (χ0) is 17.6. The molecule has 0 saturated heterocycles. The Morgan fingerprint density at radius 1 is 1.24 bits per heavy atom. The quantitative estimate of drug-likeness (QED) is 0.468. The number of benzene rings is 1. The van der Waals surface area contributed by atoms with Gasteiger partial charge in [-0.05, 0) is 31.0 Å². The van der Waals surface area contributed by atoms with E-state index in [4.69, 9.17) is 16.3 Å². The van der Waals surface area contributed by atoms with Gasteiger partial charge in [-0.3, -0.25) is 15.7 Å². The number of rotatable bonds is 4. The number of pyridine rings is 1. The normalized spacial score (nSPS) is 15.9. The molecule has 2 N–H and O–H groups in total. The first-order valence-electron chi connectivity index (χ1n) is 8.23. The van der Waals surface area contributed by atoms with Crippen molar-refractivity contribution in [3.63, 3.8) is 0 Å². The minimum Gasteiger partial charge on any atom is -0.439 e. The Morgan fingerprint density at radius 3 is 2.76 bits per heavy atom. The number of nitrogens with zero attached hydrogens (tertiary/aromatic N) is 2. The van der Waals surface area contributed by atoms with Crippen LogP contribution in [-0.2, 0) is 0 Å². The van der Waals surface area contributed by atoms with Crippen LogP contribution in [0.15, 0.2) is 41.5 Å². The van der Waals surface area contributed by atoms with Gasteiger partial charge < -0.3 is 4.74 Å². The molecule has 1 aromatic heterocycles. The first-order chi connectivity index (χ1) is 12.2. The van der Waals surface area contributed by atoms with E-state index in [1.807, 2.05) is 0 Å². The third kappa shape index (κ3) is 4.67. The number of amidine groups is 1. The summed E-state index contributed by atoms with van der Waals surface area (Å²) in [5.74, 6) is 0.545. The van der Waals surface area contributed by atoms with E-state index in [2.05, 4.69) is 15.5 Å². The van der Waals surface area contributed by atoms with Gasteiger partial charge in [0.2, 0.25) is 5.88 Å². The molecule has 0 radical (unpaired) electrons. The average molecular weight is 364 g/mol. The van der Waals surface area contributed by atoms with Gasteiger partial charge in [-0.2, -0.15) is 0 Å². The summed E-state index contributed by atoms with van der Waals surface area (Å²) in [6.07, 6.45) is 7.15. The second-order valence-electron chi connectivity index (χ2n) is 5.94. The molecular weight excluding hydrogens is 345 g/mol. The molecule has 25 heavy (non-hydrogen) atoms. The Balaban J connectivity index is 1.79. The van der Waals surface area contributed by atoms with E-state index >= 15 is 0 Å². The Labute approximate surface area is 150 Å². The summed E-state index contributed by atoms with van der Waals surface area (Å²) in [6, 6.07) is 7.67. The molecule has 1 aliphatic carbocycles. The van der Waals surface area contributed by atoms with Crippen molar-refractivity contribution < 1.29 is 14.3 Å². The molecule has 3 rings (SSSR count). The first-order valence-corrected chi connectivity index (χ1v) is 8.61. The van der Waals surface area contributed by atoms with Crippen LogP contribution in [-0.4, -0.2) is 22.1 Å². The van der Waals surface area contributed by atoms with Gasteiger partial charge in [0.25, 0.3) is 0 Å². The van der Waals surface area contributed by atoms with Crippen molar-refractivity contribution in [3.8, 4) is 11.6 Å². The zero-order valence-corrected chi connectivity index (χ0v) is 14.3. The van der Waals surface area contributed by atoms with Gasteiger partial charge in [0, 0.05) is 23.9 Å². The smallest absolute Gasteiger partial charge is 0.219 e. The van der Waals surface area contributed by atoms with Crippen LogP contribution >= 0.6 is 11.6 Å². The summed E-state index contributed by atoms with van der Waals surface area (Å²) in [5, 5.41) is 9.43. The molecule has 0 bridgehead atoms. The molecular formula is C18H19ClFN3O2. The third-order valence-electron chi connectivity index (χ3n) is 4.11. The number of aromatic nitrogens is 1. The van der Waals surface area contributed by atoms with Crippen molar-refractivity contribution >= 4 is 17.4 Å². The molecule has 1 aliphatic rings. The van der Waals surface area contributed by atoms with Crippen LogP contribution in [0.4, 0.5) is 4.39 Å². The fourth-order valence-corrected chi connectivity index (χ4v) is 3.00. The molecule has 0 aliphatic heterocycles. The highest BCUT2D eigenvalue weighted by Gasteiger charge is 2.14. The second kappa shape index (κ2) is 8.27. The Bertz CT molecular complexity index is 764. The number of hydrogen-bond acceptors (Lipinski definition) is 4. The highest BCUT2D eigenvalue weighted by atomic mass is 35.5. The molecule has 1 heterocycles. The highest BCUT2D eigenvalue weighted by molar-refractivity contribution is 6.30. The second-order valence-corrected chi connectivity index (χ2v) is 6.35. The van der Waals surface area contributed by atoms with E-state index in [1.165, 1.54) is 24.6 Å². The highest BCUT2D eigenvalue weighted by Crippen LogP contribution is 2.26. The lowest BCUT2D eigenvalue weighted by molar-refractivity contribution is 0.233. The molecule has 0 unspecified atom stereocenters. The van der Waals surface area contributed by atoms with Gasteiger partial charge in [0.1, 0.15) is 11.6 Å². The van der Waals surface area contributed by atoms with Crippen molar-refractivity contribution in [2.24, 2.45) is 4.99 Å². The molecule has 5 nitrogen and oxygen atoms in total. The van der Waals surface area contributed by atoms with Crippen LogP contribution < -0.4 is 10.2 Å². The molecule has 1 aromatic carbocycles. The van der Waals surface area contributed by atoms with Crippen molar-refractivity contribution in [2.75, 3.05) is 0 Å². The van der Waals surface area contributed by atoms with Gasteiger partial charge >= 0.3 is 0 Å². The van der Waals surface area contributed by atoms with Crippen LogP contribution in [0.1, 0.15) is 37.7 Å². The van der Waals surface area contributed by atoms with E-state index < -0.39 is 5.82 Å². The number of hydrogen-bond donors (Lipinski definition) is 2. The monoisotopic (exact) mass is 363 g/mol. The number of halogens is 2. The predicted molar refractivity (Wildman–Crippen MR) is 94.1 cm³/mol. The lowest BCUT2D eigenvalue weighted by Gasteiger charge is -2.19. The third-order valence-corrected chi connectivity index (χ3v) is 4.40. The minimum atomic E-state index is -0.512. The lowest BCUT2D eigenvalue weighted by Crippen LogP contribution is -2.24. The zero-order valence-electron chi connectivity index (χ0n) is 13.6. The summed E-state index contributed by atoms with van der Waals surface area (Å²) in [5.41, 5.74) is 2.83. The lowest BCUT2D eigenvalue weighted by atomic mass is 9.96. The topological polar surface area (TPSA) is 66.7 Å². The fraction of sp³-hybridized carbons (Fsp3) is 0.333. The van der Waals surface area contributed by atoms with Crippen LogP contribution in [0.25, 0.3) is 0 Å². The van der Waals surface area contributed by atoms with Crippen LogP contribution in [0, 0.1) is 5.82 Å². The Kier molecular flexibility index (Phi) is 5.83. The maximum atomic E-state index is 13.2. The Morgan fingerprint density at radius 2 is 2.04 bits per heavy atom. The summed E-state index contributed by atoms with van der Waals surface area (Å²) in [7, 11) is 0. The van der Waals surface area contributed by atoms with Crippen LogP contribution in [0.3, 0.4) is 0 Å². The van der Waals surface area contributed by atoms with Crippen molar-refractivity contribution in [1.29, 1.82) is 0 Å².